The Morgan fingerprint density at radius 2 is 2.18 bits per heavy atom. The number of nitrogens with one attached hydrogen (secondary N) is 1. The molecule has 2 N–H and O–H groups in total. The summed E-state index contributed by atoms with van der Waals surface area (Å²) in [7, 11) is 0. The number of aromatic carboxylic acids is 1. The van der Waals surface area contributed by atoms with Crippen LogP contribution in [0.4, 0.5) is 5.69 Å². The van der Waals surface area contributed by atoms with Crippen LogP contribution < -0.4 is 5.32 Å². The predicted octanol–water partition coefficient (Wildman–Crippen LogP) is 2.19. The highest BCUT2D eigenvalue weighted by molar-refractivity contribution is 5.91. The van der Waals surface area contributed by atoms with Gasteiger partial charge >= 0.3 is 5.97 Å². The lowest BCUT2D eigenvalue weighted by atomic mass is 10.2. The van der Waals surface area contributed by atoms with E-state index in [4.69, 9.17) is 9.63 Å². The molecule has 2 heterocycles. The van der Waals surface area contributed by atoms with Crippen LogP contribution in [0.25, 0.3) is 5.69 Å². The van der Waals surface area contributed by atoms with Gasteiger partial charge in [0.05, 0.1) is 11.9 Å². The molecule has 28 heavy (non-hydrogen) atoms. The van der Waals surface area contributed by atoms with Gasteiger partial charge in [-0.3, -0.25) is 4.79 Å². The van der Waals surface area contributed by atoms with Gasteiger partial charge in [-0.2, -0.15) is 4.98 Å². The molecule has 4 rings (SSSR count). The first-order chi connectivity index (χ1) is 13.6. The maximum atomic E-state index is 12.2. The highest BCUT2D eigenvalue weighted by Gasteiger charge is 2.28. The summed E-state index contributed by atoms with van der Waals surface area (Å²) >= 11 is 0. The Kier molecular flexibility index (Phi) is 4.83. The van der Waals surface area contributed by atoms with Crippen LogP contribution in [0.1, 0.15) is 53.8 Å². The molecule has 10 nitrogen and oxygen atoms in total. The summed E-state index contributed by atoms with van der Waals surface area (Å²) in [6.45, 7) is 0. The van der Waals surface area contributed by atoms with Crippen molar-refractivity contribution >= 4 is 17.6 Å². The molecule has 0 bridgehead atoms. The quantitative estimate of drug-likeness (QED) is 0.605. The SMILES string of the molecule is O=C(CCCc1nc(C2CC2)no1)Nc1cccc(-n2cc(C(=O)O)nn2)c1. The molecule has 144 valence electrons. The molecule has 0 radical (unpaired) electrons. The van der Waals surface area contributed by atoms with E-state index < -0.39 is 5.97 Å². The standard InChI is InChI=1S/C18H18N6O4/c25-15(5-2-6-16-20-17(22-28-16)11-7-8-11)19-12-3-1-4-13(9-12)24-10-14(18(26)27)21-23-24/h1,3-4,9-11H,2,5-8H2,(H,19,25)(H,26,27). The summed E-state index contributed by atoms with van der Waals surface area (Å²) in [4.78, 5) is 27.4. The monoisotopic (exact) mass is 382 g/mol. The molecule has 0 spiro atoms. The lowest BCUT2D eigenvalue weighted by molar-refractivity contribution is -0.116. The van der Waals surface area contributed by atoms with E-state index in [0.29, 0.717) is 42.4 Å². The van der Waals surface area contributed by atoms with Crippen LogP contribution in [0.15, 0.2) is 35.0 Å². The average Bonchev–Trinajstić information content (AvgIpc) is 3.21. The largest absolute Gasteiger partial charge is 0.476 e. The Morgan fingerprint density at radius 1 is 1.32 bits per heavy atom. The summed E-state index contributed by atoms with van der Waals surface area (Å²) in [6.07, 6.45) is 5.02. The van der Waals surface area contributed by atoms with Crippen molar-refractivity contribution in [1.82, 2.24) is 25.1 Å². The van der Waals surface area contributed by atoms with Crippen LogP contribution in [0, 0.1) is 0 Å². The van der Waals surface area contributed by atoms with Gasteiger partial charge in [0, 0.05) is 24.4 Å². The van der Waals surface area contributed by atoms with Crippen LogP contribution in [0.3, 0.4) is 0 Å². The summed E-state index contributed by atoms with van der Waals surface area (Å²) in [6, 6.07) is 6.92. The van der Waals surface area contributed by atoms with Gasteiger partial charge in [0.2, 0.25) is 11.8 Å². The van der Waals surface area contributed by atoms with Crippen molar-refractivity contribution in [2.24, 2.45) is 0 Å². The zero-order valence-corrected chi connectivity index (χ0v) is 14.9. The van der Waals surface area contributed by atoms with Gasteiger partial charge in [0.1, 0.15) is 0 Å². The fraction of sp³-hybridized carbons (Fsp3) is 0.333. The topological polar surface area (TPSA) is 136 Å². The molecule has 0 saturated heterocycles. The second-order valence-electron chi connectivity index (χ2n) is 6.63. The number of rotatable bonds is 8. The van der Waals surface area contributed by atoms with Gasteiger partial charge in [-0.25, -0.2) is 9.48 Å². The Labute approximate surface area is 159 Å². The molecule has 0 aliphatic heterocycles. The number of carbonyl (C=O) groups excluding carboxylic acids is 1. The molecule has 0 unspecified atom stereocenters. The summed E-state index contributed by atoms with van der Waals surface area (Å²) in [5, 5.41) is 23.1. The summed E-state index contributed by atoms with van der Waals surface area (Å²) in [5.74, 6) is 0.502. The molecule has 1 aliphatic carbocycles. The zero-order valence-electron chi connectivity index (χ0n) is 14.9. The fourth-order valence-electron chi connectivity index (χ4n) is 2.71. The number of carbonyl (C=O) groups is 2. The highest BCUT2D eigenvalue weighted by Crippen LogP contribution is 2.38. The van der Waals surface area contributed by atoms with Crippen molar-refractivity contribution in [3.63, 3.8) is 0 Å². The van der Waals surface area contributed by atoms with Gasteiger partial charge in [-0.15, -0.1) is 5.10 Å². The Balaban J connectivity index is 1.30. The van der Waals surface area contributed by atoms with Gasteiger partial charge in [0.15, 0.2) is 11.5 Å². The molecule has 3 aromatic rings. The minimum Gasteiger partial charge on any atom is -0.476 e. The number of nitrogens with zero attached hydrogens (tertiary/aromatic N) is 5. The first-order valence-corrected chi connectivity index (χ1v) is 8.97. The van der Waals surface area contributed by atoms with Gasteiger partial charge in [-0.1, -0.05) is 16.4 Å². The number of amides is 1. The van der Waals surface area contributed by atoms with Crippen molar-refractivity contribution in [3.05, 3.63) is 47.9 Å². The lowest BCUT2D eigenvalue weighted by Crippen LogP contribution is -2.12. The van der Waals surface area contributed by atoms with Crippen LogP contribution in [0.5, 0.6) is 0 Å². The molecule has 10 heteroatoms. The molecule has 1 fully saturated rings. The molecular formula is C18H18N6O4. The Morgan fingerprint density at radius 3 is 2.93 bits per heavy atom. The molecule has 1 aliphatic rings. The van der Waals surface area contributed by atoms with E-state index in [-0.39, 0.29) is 11.6 Å². The second kappa shape index (κ2) is 7.59. The van der Waals surface area contributed by atoms with Crippen molar-refractivity contribution in [3.8, 4) is 5.69 Å². The Bertz CT molecular complexity index is 1010. The third-order valence-electron chi connectivity index (χ3n) is 4.33. The first-order valence-electron chi connectivity index (χ1n) is 8.97. The van der Waals surface area contributed by atoms with E-state index in [2.05, 4.69) is 25.8 Å². The number of benzene rings is 1. The first kappa shape index (κ1) is 17.8. The van der Waals surface area contributed by atoms with E-state index in [1.807, 2.05) is 0 Å². The predicted molar refractivity (Wildman–Crippen MR) is 96.2 cm³/mol. The third-order valence-corrected chi connectivity index (χ3v) is 4.33. The lowest BCUT2D eigenvalue weighted by Gasteiger charge is -2.07. The number of carboxylic acid groups (broad SMARTS) is 1. The van der Waals surface area contributed by atoms with E-state index in [1.54, 1.807) is 24.3 Å². The fourth-order valence-corrected chi connectivity index (χ4v) is 2.71. The molecular weight excluding hydrogens is 364 g/mol. The average molecular weight is 382 g/mol. The summed E-state index contributed by atoms with van der Waals surface area (Å²) < 4.78 is 6.54. The molecule has 2 aromatic heterocycles. The maximum absolute atomic E-state index is 12.2. The summed E-state index contributed by atoms with van der Waals surface area (Å²) in [5.41, 5.74) is 1.03. The smallest absolute Gasteiger partial charge is 0.358 e. The number of aryl methyl sites for hydroxylation is 1. The van der Waals surface area contributed by atoms with Crippen LogP contribution in [-0.4, -0.2) is 42.1 Å². The highest BCUT2D eigenvalue weighted by atomic mass is 16.5. The zero-order chi connectivity index (χ0) is 19.5. The number of hydrogen-bond acceptors (Lipinski definition) is 7. The van der Waals surface area contributed by atoms with Crippen molar-refractivity contribution in [2.75, 3.05) is 5.32 Å². The molecule has 0 atom stereocenters. The van der Waals surface area contributed by atoms with Gasteiger partial charge in [0.25, 0.3) is 0 Å². The van der Waals surface area contributed by atoms with Crippen molar-refractivity contribution < 1.29 is 19.2 Å². The van der Waals surface area contributed by atoms with E-state index in [1.165, 1.54) is 10.9 Å². The molecule has 1 aromatic carbocycles. The number of anilines is 1. The van der Waals surface area contributed by atoms with E-state index in [0.717, 1.165) is 18.7 Å². The van der Waals surface area contributed by atoms with Crippen molar-refractivity contribution in [1.29, 1.82) is 0 Å². The van der Waals surface area contributed by atoms with Crippen LogP contribution in [-0.2, 0) is 11.2 Å². The Hall–Kier alpha value is -3.56. The number of aromatic nitrogens is 5. The van der Waals surface area contributed by atoms with Crippen LogP contribution in [0.2, 0.25) is 0 Å². The second-order valence-corrected chi connectivity index (χ2v) is 6.63. The minimum atomic E-state index is -1.15. The van der Waals surface area contributed by atoms with E-state index >= 15 is 0 Å². The van der Waals surface area contributed by atoms with Crippen molar-refractivity contribution in [2.45, 2.75) is 38.0 Å². The van der Waals surface area contributed by atoms with Gasteiger partial charge < -0.3 is 14.9 Å². The molecule has 1 saturated carbocycles. The van der Waals surface area contributed by atoms with E-state index in [9.17, 15) is 9.59 Å². The normalized spacial score (nSPS) is 13.4. The van der Waals surface area contributed by atoms with Crippen LogP contribution >= 0.6 is 0 Å². The molecule has 1 amide bonds. The maximum Gasteiger partial charge on any atom is 0.358 e. The van der Waals surface area contributed by atoms with Gasteiger partial charge in [-0.05, 0) is 37.5 Å². The third kappa shape index (κ3) is 4.22. The number of carboxylic acids is 1. The number of hydrogen-bond donors (Lipinski definition) is 2. The minimum absolute atomic E-state index is 0.135.